The fourth-order valence-electron chi connectivity index (χ4n) is 2.33. The van der Waals surface area contributed by atoms with E-state index in [4.69, 9.17) is 9.26 Å². The summed E-state index contributed by atoms with van der Waals surface area (Å²) in [5.74, 6) is 1.46. The summed E-state index contributed by atoms with van der Waals surface area (Å²) < 4.78 is 11.0. The summed E-state index contributed by atoms with van der Waals surface area (Å²) in [6.45, 7) is 2.88. The smallest absolute Gasteiger partial charge is 0.159 e. The molecular weight excluding hydrogens is 304 g/mol. The molecule has 1 atom stereocenters. The maximum atomic E-state index is 9.99. The van der Waals surface area contributed by atoms with Crippen molar-refractivity contribution in [1.29, 1.82) is 0 Å². The van der Waals surface area contributed by atoms with Gasteiger partial charge in [-0.15, -0.1) is 0 Å². The topological polar surface area (TPSA) is 67.5 Å². The molecule has 1 saturated carbocycles. The molecule has 1 aromatic heterocycles. The molecule has 24 heavy (non-hydrogen) atoms. The van der Waals surface area contributed by atoms with Crippen LogP contribution in [0, 0.1) is 0 Å². The number of nitrogens with zero attached hydrogens (tertiary/aromatic N) is 1. The molecular formula is C19H24N2O3. The van der Waals surface area contributed by atoms with E-state index in [0.29, 0.717) is 12.6 Å². The number of aliphatic hydroxyl groups excluding tert-OH is 1. The minimum atomic E-state index is -0.510. The Bertz CT molecular complexity index is 677. The molecule has 5 heteroatoms. The van der Waals surface area contributed by atoms with Crippen molar-refractivity contribution in [3.8, 4) is 5.75 Å². The summed E-state index contributed by atoms with van der Waals surface area (Å²) in [4.78, 5) is 0. The number of aryl methyl sites for hydroxylation is 1. The number of ether oxygens (including phenoxy) is 1. The summed E-state index contributed by atoms with van der Waals surface area (Å²) in [6, 6.07) is 10.3. The number of hydrogen-bond acceptors (Lipinski definition) is 5. The molecule has 5 nitrogen and oxygen atoms in total. The van der Waals surface area contributed by atoms with Gasteiger partial charge in [-0.2, -0.15) is 0 Å². The van der Waals surface area contributed by atoms with Gasteiger partial charge in [0.2, 0.25) is 0 Å². The van der Waals surface area contributed by atoms with E-state index in [1.54, 1.807) is 0 Å². The van der Waals surface area contributed by atoms with Gasteiger partial charge in [0.15, 0.2) is 5.76 Å². The Morgan fingerprint density at radius 3 is 2.96 bits per heavy atom. The van der Waals surface area contributed by atoms with Gasteiger partial charge < -0.3 is 19.7 Å². The fourth-order valence-corrected chi connectivity index (χ4v) is 2.33. The van der Waals surface area contributed by atoms with E-state index in [1.807, 2.05) is 49.4 Å². The molecule has 1 aliphatic carbocycles. The van der Waals surface area contributed by atoms with Crippen molar-refractivity contribution in [2.24, 2.45) is 0 Å². The molecule has 2 aromatic rings. The van der Waals surface area contributed by atoms with Crippen molar-refractivity contribution in [3.63, 3.8) is 0 Å². The molecule has 0 amide bonds. The summed E-state index contributed by atoms with van der Waals surface area (Å²) in [7, 11) is 0. The first-order valence-corrected chi connectivity index (χ1v) is 8.51. The van der Waals surface area contributed by atoms with Crippen LogP contribution < -0.4 is 10.1 Å². The lowest BCUT2D eigenvalue weighted by Gasteiger charge is -2.14. The fraction of sp³-hybridized carbons (Fsp3) is 0.421. The average molecular weight is 328 g/mol. The summed E-state index contributed by atoms with van der Waals surface area (Å²) in [6.07, 6.45) is 6.57. The Morgan fingerprint density at radius 2 is 2.21 bits per heavy atom. The van der Waals surface area contributed by atoms with Gasteiger partial charge in [-0.25, -0.2) is 0 Å². The van der Waals surface area contributed by atoms with Gasteiger partial charge in [0.25, 0.3) is 0 Å². The predicted octanol–water partition coefficient (Wildman–Crippen LogP) is 2.90. The predicted molar refractivity (Wildman–Crippen MR) is 93.8 cm³/mol. The van der Waals surface area contributed by atoms with E-state index >= 15 is 0 Å². The van der Waals surface area contributed by atoms with Crippen LogP contribution >= 0.6 is 0 Å². The first-order valence-electron chi connectivity index (χ1n) is 8.51. The summed E-state index contributed by atoms with van der Waals surface area (Å²) in [5.41, 5.74) is 1.87. The minimum Gasteiger partial charge on any atom is -0.490 e. The van der Waals surface area contributed by atoms with Crippen LogP contribution in [0.5, 0.6) is 5.75 Å². The van der Waals surface area contributed by atoms with E-state index in [1.165, 1.54) is 12.8 Å². The molecule has 0 aliphatic heterocycles. The second-order valence-corrected chi connectivity index (χ2v) is 6.09. The molecule has 1 aromatic carbocycles. The van der Waals surface area contributed by atoms with Crippen molar-refractivity contribution in [3.05, 3.63) is 47.3 Å². The van der Waals surface area contributed by atoms with Gasteiger partial charge in [0.1, 0.15) is 18.5 Å². The van der Waals surface area contributed by atoms with Crippen molar-refractivity contribution in [2.75, 3.05) is 13.2 Å². The summed E-state index contributed by atoms with van der Waals surface area (Å²) >= 11 is 0. The van der Waals surface area contributed by atoms with Crippen molar-refractivity contribution in [1.82, 2.24) is 10.5 Å². The van der Waals surface area contributed by atoms with E-state index in [2.05, 4.69) is 10.5 Å². The van der Waals surface area contributed by atoms with Gasteiger partial charge in [-0.05, 0) is 37.5 Å². The highest BCUT2D eigenvalue weighted by molar-refractivity contribution is 5.70. The highest BCUT2D eigenvalue weighted by Gasteiger charge is 2.21. The third-order valence-electron chi connectivity index (χ3n) is 3.94. The van der Waals surface area contributed by atoms with Crippen LogP contribution in [0.2, 0.25) is 0 Å². The Kier molecular flexibility index (Phi) is 5.67. The SMILES string of the molecule is CCc1cc(/C=C/c2ccccc2OCC(O)CNC2CC2)on1. The standard InChI is InChI=1S/C19H24N2O3/c1-2-15-11-18(24-21-15)10-7-14-5-3-4-6-19(14)23-13-17(22)12-20-16-8-9-16/h3-7,10-11,16-17,20,22H,2,8-9,12-13H2,1H3/b10-7+. The molecule has 2 N–H and O–H groups in total. The number of nitrogens with one attached hydrogen (secondary N) is 1. The molecule has 1 unspecified atom stereocenters. The zero-order valence-electron chi connectivity index (χ0n) is 13.9. The number of para-hydroxylation sites is 1. The van der Waals surface area contributed by atoms with E-state index < -0.39 is 6.10 Å². The third-order valence-corrected chi connectivity index (χ3v) is 3.94. The second kappa shape index (κ2) is 8.13. The molecule has 3 rings (SSSR count). The first kappa shape index (κ1) is 16.7. The second-order valence-electron chi connectivity index (χ2n) is 6.09. The molecule has 1 fully saturated rings. The minimum absolute atomic E-state index is 0.271. The average Bonchev–Trinajstić information content (AvgIpc) is 3.33. The lowest BCUT2D eigenvalue weighted by molar-refractivity contribution is 0.106. The Balaban J connectivity index is 1.57. The molecule has 0 spiro atoms. The van der Waals surface area contributed by atoms with E-state index in [0.717, 1.165) is 29.2 Å². The van der Waals surface area contributed by atoms with E-state index in [9.17, 15) is 5.11 Å². The monoisotopic (exact) mass is 328 g/mol. The number of hydrogen-bond donors (Lipinski definition) is 2. The van der Waals surface area contributed by atoms with Crippen molar-refractivity contribution >= 4 is 12.2 Å². The van der Waals surface area contributed by atoms with Crippen LogP contribution in [0.15, 0.2) is 34.9 Å². The van der Waals surface area contributed by atoms with Crippen LogP contribution in [0.4, 0.5) is 0 Å². The van der Waals surface area contributed by atoms with Crippen LogP contribution in [0.25, 0.3) is 12.2 Å². The zero-order chi connectivity index (χ0) is 16.8. The van der Waals surface area contributed by atoms with Gasteiger partial charge >= 0.3 is 0 Å². The molecule has 0 bridgehead atoms. The number of rotatable bonds is 9. The maximum Gasteiger partial charge on any atom is 0.159 e. The van der Waals surface area contributed by atoms with Crippen molar-refractivity contribution < 1.29 is 14.4 Å². The maximum absolute atomic E-state index is 9.99. The van der Waals surface area contributed by atoms with Crippen LogP contribution in [-0.2, 0) is 6.42 Å². The van der Waals surface area contributed by atoms with Gasteiger partial charge in [-0.1, -0.05) is 30.3 Å². The van der Waals surface area contributed by atoms with Gasteiger partial charge in [0, 0.05) is 24.2 Å². The lowest BCUT2D eigenvalue weighted by atomic mass is 10.1. The van der Waals surface area contributed by atoms with Crippen molar-refractivity contribution in [2.45, 2.75) is 38.3 Å². The molecule has 0 radical (unpaired) electrons. The Morgan fingerprint density at radius 1 is 1.38 bits per heavy atom. The molecule has 1 aliphatic rings. The van der Waals surface area contributed by atoms with Crippen LogP contribution in [-0.4, -0.2) is 35.6 Å². The number of aromatic nitrogens is 1. The highest BCUT2D eigenvalue weighted by Crippen LogP contribution is 2.21. The molecule has 1 heterocycles. The first-order chi connectivity index (χ1) is 11.7. The third kappa shape index (κ3) is 4.94. The normalized spacial score (nSPS) is 15.8. The molecule has 0 saturated heterocycles. The largest absolute Gasteiger partial charge is 0.490 e. The van der Waals surface area contributed by atoms with Gasteiger partial charge in [0.05, 0.1) is 5.69 Å². The van der Waals surface area contributed by atoms with E-state index in [-0.39, 0.29) is 6.61 Å². The van der Waals surface area contributed by atoms with Gasteiger partial charge in [-0.3, -0.25) is 0 Å². The summed E-state index contributed by atoms with van der Waals surface area (Å²) in [5, 5.41) is 17.3. The Hall–Kier alpha value is -2.11. The van der Waals surface area contributed by atoms with Crippen LogP contribution in [0.3, 0.4) is 0 Å². The number of aliphatic hydroxyl groups is 1. The number of benzene rings is 1. The lowest BCUT2D eigenvalue weighted by Crippen LogP contribution is -2.32. The Labute approximate surface area is 142 Å². The zero-order valence-corrected chi connectivity index (χ0v) is 13.9. The quantitative estimate of drug-likeness (QED) is 0.741. The highest BCUT2D eigenvalue weighted by atomic mass is 16.5. The molecule has 128 valence electrons. The van der Waals surface area contributed by atoms with Crippen LogP contribution in [0.1, 0.15) is 36.8 Å².